The Hall–Kier alpha value is -3.48. The van der Waals surface area contributed by atoms with Crippen LogP contribution in [-0.4, -0.2) is 46.3 Å². The van der Waals surface area contributed by atoms with E-state index in [1.165, 1.54) is 12.1 Å². The number of aromatic nitrogens is 2. The van der Waals surface area contributed by atoms with Crippen molar-refractivity contribution in [1.82, 2.24) is 14.7 Å². The molecule has 0 radical (unpaired) electrons. The van der Waals surface area contributed by atoms with Crippen LogP contribution in [0.2, 0.25) is 0 Å². The third kappa shape index (κ3) is 4.82. The zero-order chi connectivity index (χ0) is 23.5. The molecule has 1 aliphatic heterocycles. The van der Waals surface area contributed by atoms with Gasteiger partial charge in [-0.1, -0.05) is 12.1 Å². The van der Waals surface area contributed by atoms with Crippen molar-refractivity contribution in [2.24, 2.45) is 5.92 Å². The molecule has 0 bridgehead atoms. The lowest BCUT2D eigenvalue weighted by atomic mass is 9.98. The second-order valence-electron chi connectivity index (χ2n) is 8.47. The summed E-state index contributed by atoms with van der Waals surface area (Å²) in [5.41, 5.74) is 4.55. The summed E-state index contributed by atoms with van der Waals surface area (Å²) in [6.45, 7) is 6.95. The Morgan fingerprint density at radius 2 is 1.88 bits per heavy atom. The Kier molecular flexibility index (Phi) is 6.58. The Labute approximate surface area is 193 Å². The first-order valence-electron chi connectivity index (χ1n) is 11.3. The highest BCUT2D eigenvalue weighted by atomic mass is 19.1. The van der Waals surface area contributed by atoms with Crippen LogP contribution >= 0.6 is 0 Å². The van der Waals surface area contributed by atoms with Crippen molar-refractivity contribution in [1.29, 1.82) is 0 Å². The van der Waals surface area contributed by atoms with E-state index < -0.39 is 0 Å². The average molecular weight is 450 g/mol. The molecule has 0 saturated carbocycles. The minimum Gasteiger partial charge on any atom is -0.466 e. The van der Waals surface area contributed by atoms with Gasteiger partial charge in [0.1, 0.15) is 11.5 Å². The molecule has 2 aromatic carbocycles. The monoisotopic (exact) mass is 449 g/mol. The van der Waals surface area contributed by atoms with Crippen molar-refractivity contribution < 1.29 is 18.7 Å². The van der Waals surface area contributed by atoms with Gasteiger partial charge in [0.25, 0.3) is 5.91 Å². The van der Waals surface area contributed by atoms with Crippen molar-refractivity contribution >= 4 is 11.9 Å². The molecule has 1 atom stereocenters. The minimum absolute atomic E-state index is 0.189. The van der Waals surface area contributed by atoms with Crippen molar-refractivity contribution in [3.63, 3.8) is 0 Å². The third-order valence-electron chi connectivity index (χ3n) is 5.99. The molecule has 1 saturated heterocycles. The van der Waals surface area contributed by atoms with Gasteiger partial charge in [0.2, 0.25) is 0 Å². The first-order chi connectivity index (χ1) is 15.9. The number of hydrogen-bond acceptors (Lipinski definition) is 4. The van der Waals surface area contributed by atoms with E-state index in [-0.39, 0.29) is 23.6 Å². The summed E-state index contributed by atoms with van der Waals surface area (Å²) in [4.78, 5) is 27.7. The zero-order valence-corrected chi connectivity index (χ0v) is 19.2. The molecule has 0 aliphatic carbocycles. The molecule has 33 heavy (non-hydrogen) atoms. The van der Waals surface area contributed by atoms with Gasteiger partial charge in [-0.25, -0.2) is 9.07 Å². The molecular formula is C26H28FN3O3. The fourth-order valence-corrected chi connectivity index (χ4v) is 4.20. The topological polar surface area (TPSA) is 64.4 Å². The van der Waals surface area contributed by atoms with Gasteiger partial charge in [0.15, 0.2) is 0 Å². The van der Waals surface area contributed by atoms with Crippen LogP contribution in [0.1, 0.15) is 41.4 Å². The summed E-state index contributed by atoms with van der Waals surface area (Å²) < 4.78 is 20.3. The van der Waals surface area contributed by atoms with Crippen LogP contribution in [0.3, 0.4) is 0 Å². The first kappa shape index (κ1) is 22.7. The minimum atomic E-state index is -0.331. The molecule has 4 rings (SSSR count). The number of esters is 1. The SMILES string of the molecule is CCOC(=O)C1CCCN(C(=O)c2cc(-c3ccc(F)cc3)nn2-c2cc(C)ccc2C)C1. The maximum atomic E-state index is 13.7. The van der Waals surface area contributed by atoms with Gasteiger partial charge >= 0.3 is 5.97 Å². The lowest BCUT2D eigenvalue weighted by Crippen LogP contribution is -2.43. The van der Waals surface area contributed by atoms with Crippen molar-refractivity contribution in [2.75, 3.05) is 19.7 Å². The summed E-state index contributed by atoms with van der Waals surface area (Å²) in [7, 11) is 0. The lowest BCUT2D eigenvalue weighted by Gasteiger charge is -2.31. The van der Waals surface area contributed by atoms with Gasteiger partial charge < -0.3 is 9.64 Å². The number of piperidine rings is 1. The quantitative estimate of drug-likeness (QED) is 0.529. The fraction of sp³-hybridized carbons (Fsp3) is 0.346. The van der Waals surface area contributed by atoms with E-state index in [0.29, 0.717) is 37.5 Å². The van der Waals surface area contributed by atoms with Gasteiger partial charge in [0, 0.05) is 18.7 Å². The number of halogens is 1. The van der Waals surface area contributed by atoms with Gasteiger partial charge in [-0.05, 0) is 81.1 Å². The van der Waals surface area contributed by atoms with Crippen LogP contribution in [0.25, 0.3) is 16.9 Å². The van der Waals surface area contributed by atoms with Crippen LogP contribution in [0.4, 0.5) is 4.39 Å². The van der Waals surface area contributed by atoms with Crippen molar-refractivity contribution in [2.45, 2.75) is 33.6 Å². The summed E-state index contributed by atoms with van der Waals surface area (Å²) in [5.74, 6) is -1.10. The van der Waals surface area contributed by atoms with Gasteiger partial charge in [-0.15, -0.1) is 0 Å². The number of hydrogen-bond donors (Lipinski definition) is 0. The second kappa shape index (κ2) is 9.57. The number of benzene rings is 2. The maximum absolute atomic E-state index is 13.7. The van der Waals surface area contributed by atoms with Crippen LogP contribution in [0.15, 0.2) is 48.5 Å². The van der Waals surface area contributed by atoms with E-state index in [1.54, 1.807) is 34.7 Å². The fourth-order valence-electron chi connectivity index (χ4n) is 4.20. The van der Waals surface area contributed by atoms with Crippen molar-refractivity contribution in [3.8, 4) is 16.9 Å². The van der Waals surface area contributed by atoms with Crippen LogP contribution in [0, 0.1) is 25.6 Å². The summed E-state index contributed by atoms with van der Waals surface area (Å²) in [6.07, 6.45) is 1.44. The second-order valence-corrected chi connectivity index (χ2v) is 8.47. The summed E-state index contributed by atoms with van der Waals surface area (Å²) in [6, 6.07) is 13.8. The van der Waals surface area contributed by atoms with Gasteiger partial charge in [0.05, 0.1) is 23.9 Å². The zero-order valence-electron chi connectivity index (χ0n) is 19.2. The molecule has 0 N–H and O–H groups in total. The van der Waals surface area contributed by atoms with E-state index in [0.717, 1.165) is 28.8 Å². The molecule has 1 amide bonds. The third-order valence-corrected chi connectivity index (χ3v) is 5.99. The lowest BCUT2D eigenvalue weighted by molar-refractivity contribution is -0.149. The maximum Gasteiger partial charge on any atom is 0.310 e. The molecule has 3 aromatic rings. The number of amides is 1. The number of ether oxygens (including phenoxy) is 1. The standard InChI is InChI=1S/C26H28FN3O3/c1-4-33-26(32)20-6-5-13-29(16-20)25(31)24-15-22(19-9-11-21(27)12-10-19)28-30(24)23-14-17(2)7-8-18(23)3/h7-12,14-15,20H,4-6,13,16H2,1-3H3. The van der Waals surface area contributed by atoms with Crippen molar-refractivity contribution in [3.05, 3.63) is 71.2 Å². The molecule has 1 aliphatic rings. The molecule has 7 heteroatoms. The summed E-state index contributed by atoms with van der Waals surface area (Å²) >= 11 is 0. The van der Waals surface area contributed by atoms with E-state index >= 15 is 0 Å². The van der Waals surface area contributed by atoms with Crippen LogP contribution in [0.5, 0.6) is 0 Å². The Balaban J connectivity index is 1.74. The average Bonchev–Trinajstić information content (AvgIpc) is 3.26. The number of likely N-dealkylation sites (tertiary alicyclic amines) is 1. The Bertz CT molecular complexity index is 1170. The summed E-state index contributed by atoms with van der Waals surface area (Å²) in [5, 5.41) is 4.74. The molecule has 172 valence electrons. The van der Waals surface area contributed by atoms with Gasteiger partial charge in [-0.3, -0.25) is 9.59 Å². The smallest absolute Gasteiger partial charge is 0.310 e. The Morgan fingerprint density at radius 1 is 1.12 bits per heavy atom. The molecule has 2 heterocycles. The number of aryl methyl sites for hydroxylation is 2. The predicted molar refractivity (Wildman–Crippen MR) is 124 cm³/mol. The predicted octanol–water partition coefficient (Wildman–Crippen LogP) is 4.71. The largest absolute Gasteiger partial charge is 0.466 e. The van der Waals surface area contributed by atoms with Crippen LogP contribution in [-0.2, 0) is 9.53 Å². The van der Waals surface area contributed by atoms with E-state index in [9.17, 15) is 14.0 Å². The molecule has 1 unspecified atom stereocenters. The number of carbonyl (C=O) groups excluding carboxylic acids is 2. The highest BCUT2D eigenvalue weighted by molar-refractivity contribution is 5.95. The van der Waals surface area contributed by atoms with Gasteiger partial charge in [-0.2, -0.15) is 5.10 Å². The number of carbonyl (C=O) groups is 2. The highest BCUT2D eigenvalue weighted by Gasteiger charge is 2.32. The molecule has 6 nitrogen and oxygen atoms in total. The Morgan fingerprint density at radius 3 is 2.61 bits per heavy atom. The molecule has 1 fully saturated rings. The number of nitrogens with zero attached hydrogens (tertiary/aromatic N) is 3. The molecule has 1 aromatic heterocycles. The normalized spacial score (nSPS) is 16.0. The van der Waals surface area contributed by atoms with Crippen LogP contribution < -0.4 is 0 Å². The molecule has 0 spiro atoms. The van der Waals surface area contributed by atoms with E-state index in [2.05, 4.69) is 0 Å². The first-order valence-corrected chi connectivity index (χ1v) is 11.3. The van der Waals surface area contributed by atoms with E-state index in [4.69, 9.17) is 9.84 Å². The van der Waals surface area contributed by atoms with E-state index in [1.807, 2.05) is 32.0 Å². The number of rotatable bonds is 5. The molecular weight excluding hydrogens is 421 g/mol. The highest BCUT2D eigenvalue weighted by Crippen LogP contribution is 2.27.